The summed E-state index contributed by atoms with van der Waals surface area (Å²) in [5, 5.41) is 2.38. The minimum absolute atomic E-state index is 0.924. The Morgan fingerprint density at radius 3 is 2.57 bits per heavy atom. The molecule has 3 heteroatoms. The topological polar surface area (TPSA) is 30.2 Å². The zero-order valence-electron chi connectivity index (χ0n) is 12.3. The molecular weight excluding hydrogens is 282 g/mol. The van der Waals surface area contributed by atoms with Gasteiger partial charge in [0, 0.05) is 28.7 Å². The van der Waals surface area contributed by atoms with Crippen LogP contribution in [0.25, 0.3) is 38.7 Å². The second kappa shape index (κ2) is 4.65. The zero-order valence-corrected chi connectivity index (χ0v) is 12.3. The summed E-state index contributed by atoms with van der Waals surface area (Å²) in [7, 11) is 0. The maximum atomic E-state index is 4.92. The predicted octanol–water partition coefficient (Wildman–Crippen LogP) is 4.70. The van der Waals surface area contributed by atoms with Crippen LogP contribution in [0.5, 0.6) is 0 Å². The summed E-state index contributed by atoms with van der Waals surface area (Å²) < 4.78 is 2.23. The summed E-state index contributed by atoms with van der Waals surface area (Å²) in [5.41, 5.74) is 4.36. The van der Waals surface area contributed by atoms with E-state index in [1.54, 1.807) is 6.20 Å². The number of fused-ring (bicyclic) bond motifs is 5. The molecule has 0 bridgehead atoms. The van der Waals surface area contributed by atoms with E-state index in [2.05, 4.69) is 64.0 Å². The molecule has 0 spiro atoms. The van der Waals surface area contributed by atoms with Crippen molar-refractivity contribution >= 4 is 27.3 Å². The SMILES string of the molecule is c1cncc(-c2nc3ccccc3c3cc4ccccc4n23)c1. The van der Waals surface area contributed by atoms with E-state index in [1.807, 2.05) is 18.3 Å². The molecule has 0 amide bonds. The molecule has 0 saturated heterocycles. The molecule has 2 aromatic carbocycles. The Kier molecular flexibility index (Phi) is 2.50. The molecule has 108 valence electrons. The summed E-state index contributed by atoms with van der Waals surface area (Å²) in [5.74, 6) is 0.924. The Balaban J connectivity index is 2.06. The largest absolute Gasteiger partial charge is 0.293 e. The van der Waals surface area contributed by atoms with E-state index in [-0.39, 0.29) is 0 Å². The van der Waals surface area contributed by atoms with Gasteiger partial charge in [-0.15, -0.1) is 0 Å². The molecule has 0 aliphatic carbocycles. The van der Waals surface area contributed by atoms with Crippen LogP contribution in [0.4, 0.5) is 0 Å². The number of para-hydroxylation sites is 2. The minimum Gasteiger partial charge on any atom is -0.293 e. The van der Waals surface area contributed by atoms with Crippen LogP contribution in [0.3, 0.4) is 0 Å². The lowest BCUT2D eigenvalue weighted by Gasteiger charge is -2.09. The van der Waals surface area contributed by atoms with Gasteiger partial charge in [-0.05, 0) is 30.3 Å². The van der Waals surface area contributed by atoms with E-state index in [1.165, 1.54) is 16.4 Å². The smallest absolute Gasteiger partial charge is 0.147 e. The van der Waals surface area contributed by atoms with E-state index in [0.29, 0.717) is 0 Å². The van der Waals surface area contributed by atoms with Crippen LogP contribution in [-0.4, -0.2) is 14.4 Å². The van der Waals surface area contributed by atoms with Crippen molar-refractivity contribution in [2.75, 3.05) is 0 Å². The Bertz CT molecular complexity index is 1160. The number of aromatic nitrogens is 3. The molecule has 3 nitrogen and oxygen atoms in total. The number of nitrogens with zero attached hydrogens (tertiary/aromatic N) is 3. The van der Waals surface area contributed by atoms with Crippen LogP contribution in [0.2, 0.25) is 0 Å². The average molecular weight is 295 g/mol. The molecular formula is C20H13N3. The van der Waals surface area contributed by atoms with Crippen LogP contribution < -0.4 is 0 Å². The molecule has 0 unspecified atom stereocenters. The molecule has 0 aliphatic heterocycles. The highest BCUT2D eigenvalue weighted by Crippen LogP contribution is 2.30. The first-order chi connectivity index (χ1) is 11.4. The normalized spacial score (nSPS) is 11.5. The van der Waals surface area contributed by atoms with Gasteiger partial charge in [-0.1, -0.05) is 36.4 Å². The Hall–Kier alpha value is -3.20. The number of pyridine rings is 1. The van der Waals surface area contributed by atoms with Crippen LogP contribution in [0, 0.1) is 0 Å². The predicted molar refractivity (Wildman–Crippen MR) is 93.4 cm³/mol. The van der Waals surface area contributed by atoms with Gasteiger partial charge >= 0.3 is 0 Å². The number of hydrogen-bond donors (Lipinski definition) is 0. The molecule has 5 aromatic rings. The van der Waals surface area contributed by atoms with Gasteiger partial charge in [-0.3, -0.25) is 9.38 Å². The van der Waals surface area contributed by atoms with Crippen molar-refractivity contribution in [2.24, 2.45) is 0 Å². The molecule has 0 radical (unpaired) electrons. The van der Waals surface area contributed by atoms with E-state index in [9.17, 15) is 0 Å². The van der Waals surface area contributed by atoms with Gasteiger partial charge in [0.1, 0.15) is 5.82 Å². The lowest BCUT2D eigenvalue weighted by atomic mass is 10.2. The molecule has 3 heterocycles. The first-order valence-corrected chi connectivity index (χ1v) is 7.61. The highest BCUT2D eigenvalue weighted by atomic mass is 15.0. The number of hydrogen-bond acceptors (Lipinski definition) is 2. The molecule has 0 atom stereocenters. The van der Waals surface area contributed by atoms with Crippen molar-refractivity contribution in [2.45, 2.75) is 0 Å². The summed E-state index contributed by atoms with van der Waals surface area (Å²) in [4.78, 5) is 9.18. The quantitative estimate of drug-likeness (QED) is 0.448. The van der Waals surface area contributed by atoms with Gasteiger partial charge in [-0.25, -0.2) is 4.98 Å². The fourth-order valence-electron chi connectivity index (χ4n) is 3.22. The summed E-state index contributed by atoms with van der Waals surface area (Å²) in [6.07, 6.45) is 3.65. The number of rotatable bonds is 1. The second-order valence-corrected chi connectivity index (χ2v) is 5.62. The Labute approximate surface area is 132 Å². The minimum atomic E-state index is 0.924. The zero-order chi connectivity index (χ0) is 15.2. The highest BCUT2D eigenvalue weighted by molar-refractivity contribution is 6.02. The highest BCUT2D eigenvalue weighted by Gasteiger charge is 2.13. The second-order valence-electron chi connectivity index (χ2n) is 5.62. The van der Waals surface area contributed by atoms with E-state index in [4.69, 9.17) is 4.98 Å². The first kappa shape index (κ1) is 12.4. The third-order valence-electron chi connectivity index (χ3n) is 4.25. The van der Waals surface area contributed by atoms with Crippen molar-refractivity contribution in [1.82, 2.24) is 14.4 Å². The average Bonchev–Trinajstić information content (AvgIpc) is 3.02. The molecule has 23 heavy (non-hydrogen) atoms. The third-order valence-corrected chi connectivity index (χ3v) is 4.25. The van der Waals surface area contributed by atoms with Gasteiger partial charge in [-0.2, -0.15) is 0 Å². The number of benzene rings is 2. The lowest BCUT2D eigenvalue weighted by molar-refractivity contribution is 1.16. The first-order valence-electron chi connectivity index (χ1n) is 7.61. The monoisotopic (exact) mass is 295 g/mol. The lowest BCUT2D eigenvalue weighted by Crippen LogP contribution is -1.97. The third kappa shape index (κ3) is 1.77. The van der Waals surface area contributed by atoms with Gasteiger partial charge in [0.15, 0.2) is 0 Å². The fraction of sp³-hybridized carbons (Fsp3) is 0. The standard InChI is InChI=1S/C20H13N3/c1-4-10-18-14(6-1)12-19-16-8-2-3-9-17(16)22-20(23(18)19)15-7-5-11-21-13-15/h1-13H. The van der Waals surface area contributed by atoms with Crippen molar-refractivity contribution in [3.8, 4) is 11.4 Å². The fourth-order valence-corrected chi connectivity index (χ4v) is 3.22. The Morgan fingerprint density at radius 1 is 0.783 bits per heavy atom. The van der Waals surface area contributed by atoms with Crippen molar-refractivity contribution < 1.29 is 0 Å². The Morgan fingerprint density at radius 2 is 1.65 bits per heavy atom. The van der Waals surface area contributed by atoms with Gasteiger partial charge in [0.25, 0.3) is 0 Å². The molecule has 0 N–H and O–H groups in total. The van der Waals surface area contributed by atoms with E-state index in [0.717, 1.165) is 22.3 Å². The molecule has 3 aromatic heterocycles. The molecule has 0 aliphatic rings. The summed E-state index contributed by atoms with van der Waals surface area (Å²) >= 11 is 0. The summed E-state index contributed by atoms with van der Waals surface area (Å²) in [6, 6.07) is 22.9. The van der Waals surface area contributed by atoms with Crippen molar-refractivity contribution in [3.63, 3.8) is 0 Å². The van der Waals surface area contributed by atoms with Crippen molar-refractivity contribution in [3.05, 3.63) is 79.1 Å². The van der Waals surface area contributed by atoms with Gasteiger partial charge in [0.2, 0.25) is 0 Å². The van der Waals surface area contributed by atoms with Crippen LogP contribution in [0.1, 0.15) is 0 Å². The molecule has 0 fully saturated rings. The van der Waals surface area contributed by atoms with Gasteiger partial charge < -0.3 is 0 Å². The maximum Gasteiger partial charge on any atom is 0.147 e. The van der Waals surface area contributed by atoms with E-state index < -0.39 is 0 Å². The maximum absolute atomic E-state index is 4.92. The van der Waals surface area contributed by atoms with E-state index >= 15 is 0 Å². The van der Waals surface area contributed by atoms with Crippen molar-refractivity contribution in [1.29, 1.82) is 0 Å². The molecule has 0 saturated carbocycles. The van der Waals surface area contributed by atoms with Gasteiger partial charge in [0.05, 0.1) is 16.6 Å². The van der Waals surface area contributed by atoms with Crippen LogP contribution in [-0.2, 0) is 0 Å². The molecule has 5 rings (SSSR count). The van der Waals surface area contributed by atoms with Crippen LogP contribution in [0.15, 0.2) is 79.1 Å². The van der Waals surface area contributed by atoms with Crippen LogP contribution >= 0.6 is 0 Å². The summed E-state index contributed by atoms with van der Waals surface area (Å²) in [6.45, 7) is 0.